The Morgan fingerprint density at radius 2 is 2.00 bits per heavy atom. The van der Waals surface area contributed by atoms with E-state index in [4.69, 9.17) is 16.3 Å². The first-order valence-corrected chi connectivity index (χ1v) is 6.04. The maximum Gasteiger partial charge on any atom is 0.231 e. The van der Waals surface area contributed by atoms with Gasteiger partial charge in [0.2, 0.25) is 17.2 Å². The van der Waals surface area contributed by atoms with Gasteiger partial charge in [-0.05, 0) is 18.5 Å². The number of ether oxygens (including phenoxy) is 1. The van der Waals surface area contributed by atoms with Crippen molar-refractivity contribution in [3.63, 3.8) is 0 Å². The maximum atomic E-state index is 5.92. The molecule has 2 rings (SSSR count). The van der Waals surface area contributed by atoms with E-state index in [9.17, 15) is 0 Å². The number of halogens is 1. The van der Waals surface area contributed by atoms with Crippen molar-refractivity contribution in [1.29, 1.82) is 0 Å². The maximum absolute atomic E-state index is 5.92. The number of hydrogen-bond acceptors (Lipinski definition) is 6. The van der Waals surface area contributed by atoms with Crippen LogP contribution in [0.1, 0.15) is 6.92 Å². The average molecular weight is 258 g/mol. The van der Waals surface area contributed by atoms with Gasteiger partial charge in [-0.3, -0.25) is 0 Å². The van der Waals surface area contributed by atoms with Crippen LogP contribution in [0.5, 0.6) is 0 Å². The molecule has 0 N–H and O–H groups in total. The average Bonchev–Trinajstić information content (AvgIpc) is 2.38. The topological polar surface area (TPSA) is 54.4 Å². The molecule has 6 nitrogen and oxygen atoms in total. The minimum Gasteiger partial charge on any atom is -0.378 e. The minimum absolute atomic E-state index is 0.233. The Morgan fingerprint density at radius 1 is 1.29 bits per heavy atom. The second kappa shape index (κ2) is 5.46. The van der Waals surface area contributed by atoms with E-state index in [1.807, 2.05) is 18.9 Å². The molecule has 1 aliphatic heterocycles. The van der Waals surface area contributed by atoms with Gasteiger partial charge in [-0.2, -0.15) is 15.0 Å². The Bertz CT molecular complexity index is 383. The zero-order valence-electron chi connectivity index (χ0n) is 10.1. The Balaban J connectivity index is 2.24. The first kappa shape index (κ1) is 12.3. The van der Waals surface area contributed by atoms with Crippen molar-refractivity contribution < 1.29 is 4.74 Å². The van der Waals surface area contributed by atoms with Gasteiger partial charge in [0, 0.05) is 26.7 Å². The highest BCUT2D eigenvalue weighted by Gasteiger charge is 2.16. The number of anilines is 2. The first-order chi connectivity index (χ1) is 8.20. The fourth-order valence-corrected chi connectivity index (χ4v) is 1.70. The summed E-state index contributed by atoms with van der Waals surface area (Å²) in [6, 6.07) is 0. The third-order valence-electron chi connectivity index (χ3n) is 2.69. The molecule has 1 aromatic heterocycles. The summed E-state index contributed by atoms with van der Waals surface area (Å²) in [5.74, 6) is 1.23. The van der Waals surface area contributed by atoms with Gasteiger partial charge in [0.25, 0.3) is 0 Å². The third kappa shape index (κ3) is 2.95. The van der Waals surface area contributed by atoms with Crippen LogP contribution in [0.4, 0.5) is 11.9 Å². The van der Waals surface area contributed by atoms with E-state index >= 15 is 0 Å². The van der Waals surface area contributed by atoms with Crippen molar-refractivity contribution in [1.82, 2.24) is 15.0 Å². The first-order valence-electron chi connectivity index (χ1n) is 5.66. The number of aromatic nitrogens is 3. The summed E-state index contributed by atoms with van der Waals surface area (Å²) in [7, 11) is 1.93. The van der Waals surface area contributed by atoms with Crippen molar-refractivity contribution in [2.75, 3.05) is 49.7 Å². The molecule has 0 radical (unpaired) electrons. The normalized spacial score (nSPS) is 16.1. The molecular weight excluding hydrogens is 242 g/mol. The van der Waals surface area contributed by atoms with E-state index in [1.54, 1.807) is 0 Å². The third-order valence-corrected chi connectivity index (χ3v) is 2.86. The van der Waals surface area contributed by atoms with Crippen LogP contribution >= 0.6 is 11.6 Å². The molecule has 1 aromatic rings. The second-order valence-corrected chi connectivity index (χ2v) is 4.16. The van der Waals surface area contributed by atoms with Crippen LogP contribution in [0, 0.1) is 0 Å². The molecule has 1 aliphatic rings. The number of rotatable bonds is 3. The van der Waals surface area contributed by atoms with E-state index < -0.39 is 0 Å². The van der Waals surface area contributed by atoms with Gasteiger partial charge >= 0.3 is 0 Å². The highest BCUT2D eigenvalue weighted by atomic mass is 35.5. The second-order valence-electron chi connectivity index (χ2n) is 3.82. The highest BCUT2D eigenvalue weighted by Crippen LogP contribution is 2.16. The summed E-state index contributed by atoms with van der Waals surface area (Å²) >= 11 is 5.92. The standard InChI is InChI=1S/C10H16ClN5O/c1-3-15(2)9-12-8(11)13-10(14-9)16-4-6-17-7-5-16/h3-7H2,1-2H3. The lowest BCUT2D eigenvalue weighted by atomic mass is 10.4. The molecule has 0 atom stereocenters. The van der Waals surface area contributed by atoms with Crippen LogP contribution in [0.2, 0.25) is 5.28 Å². The molecule has 94 valence electrons. The molecule has 0 saturated carbocycles. The van der Waals surface area contributed by atoms with Gasteiger partial charge in [0.15, 0.2) is 0 Å². The lowest BCUT2D eigenvalue weighted by Crippen LogP contribution is -2.37. The van der Waals surface area contributed by atoms with Gasteiger partial charge in [0.1, 0.15) is 0 Å². The van der Waals surface area contributed by atoms with Crippen molar-refractivity contribution in [3.05, 3.63) is 5.28 Å². The summed E-state index contributed by atoms with van der Waals surface area (Å²) in [5.41, 5.74) is 0. The minimum atomic E-state index is 0.233. The lowest BCUT2D eigenvalue weighted by Gasteiger charge is -2.27. The predicted octanol–water partition coefficient (Wildman–Crippen LogP) is 0.818. The molecule has 7 heteroatoms. The Morgan fingerprint density at radius 3 is 2.65 bits per heavy atom. The summed E-state index contributed by atoms with van der Waals surface area (Å²) < 4.78 is 5.29. The van der Waals surface area contributed by atoms with Gasteiger partial charge in [0.05, 0.1) is 13.2 Å². The predicted molar refractivity (Wildman–Crippen MR) is 66.8 cm³/mol. The molecule has 1 fully saturated rings. The fraction of sp³-hybridized carbons (Fsp3) is 0.700. The molecule has 0 unspecified atom stereocenters. The zero-order valence-corrected chi connectivity index (χ0v) is 10.8. The summed E-state index contributed by atoms with van der Waals surface area (Å²) in [5, 5.41) is 0.233. The molecule has 0 bridgehead atoms. The van der Waals surface area contributed by atoms with Crippen LogP contribution in [0.25, 0.3) is 0 Å². The van der Waals surface area contributed by atoms with Crippen LogP contribution < -0.4 is 9.80 Å². The van der Waals surface area contributed by atoms with Crippen LogP contribution in [0.15, 0.2) is 0 Å². The molecule has 0 aromatic carbocycles. The number of nitrogens with zero attached hydrogens (tertiary/aromatic N) is 5. The van der Waals surface area contributed by atoms with E-state index in [0.717, 1.165) is 19.6 Å². The Labute approximate surface area is 106 Å². The van der Waals surface area contributed by atoms with Crippen LogP contribution in [-0.2, 0) is 4.74 Å². The van der Waals surface area contributed by atoms with Crippen molar-refractivity contribution >= 4 is 23.5 Å². The van der Waals surface area contributed by atoms with Crippen LogP contribution in [0.3, 0.4) is 0 Å². The van der Waals surface area contributed by atoms with E-state index in [2.05, 4.69) is 19.9 Å². The monoisotopic (exact) mass is 257 g/mol. The fourth-order valence-electron chi connectivity index (χ4n) is 1.55. The largest absolute Gasteiger partial charge is 0.378 e. The lowest BCUT2D eigenvalue weighted by molar-refractivity contribution is 0.122. The molecule has 0 spiro atoms. The van der Waals surface area contributed by atoms with E-state index in [-0.39, 0.29) is 5.28 Å². The quantitative estimate of drug-likeness (QED) is 0.799. The van der Waals surface area contributed by atoms with Crippen molar-refractivity contribution in [2.24, 2.45) is 0 Å². The van der Waals surface area contributed by atoms with Gasteiger partial charge in [-0.1, -0.05) is 0 Å². The molecule has 17 heavy (non-hydrogen) atoms. The Kier molecular flexibility index (Phi) is 3.96. The number of morpholine rings is 1. The molecular formula is C10H16ClN5O. The van der Waals surface area contributed by atoms with Gasteiger partial charge < -0.3 is 14.5 Å². The zero-order chi connectivity index (χ0) is 12.3. The van der Waals surface area contributed by atoms with Crippen LogP contribution in [-0.4, -0.2) is 54.8 Å². The van der Waals surface area contributed by atoms with E-state index in [1.165, 1.54) is 0 Å². The Hall–Kier alpha value is -1.14. The van der Waals surface area contributed by atoms with Crippen molar-refractivity contribution in [3.8, 4) is 0 Å². The summed E-state index contributed by atoms with van der Waals surface area (Å²) in [4.78, 5) is 16.7. The van der Waals surface area contributed by atoms with Gasteiger partial charge in [-0.25, -0.2) is 0 Å². The molecule has 1 saturated heterocycles. The van der Waals surface area contributed by atoms with Crippen molar-refractivity contribution in [2.45, 2.75) is 6.92 Å². The summed E-state index contributed by atoms with van der Waals surface area (Å²) in [6.45, 7) is 5.82. The molecule has 2 heterocycles. The summed E-state index contributed by atoms with van der Waals surface area (Å²) in [6.07, 6.45) is 0. The SMILES string of the molecule is CCN(C)c1nc(Cl)nc(N2CCOCC2)n1. The highest BCUT2D eigenvalue weighted by molar-refractivity contribution is 6.28. The molecule has 0 amide bonds. The number of hydrogen-bond donors (Lipinski definition) is 0. The van der Waals surface area contributed by atoms with E-state index in [0.29, 0.717) is 25.1 Å². The van der Waals surface area contributed by atoms with Gasteiger partial charge in [-0.15, -0.1) is 0 Å². The molecule has 0 aliphatic carbocycles. The smallest absolute Gasteiger partial charge is 0.231 e.